The molecule has 1 aliphatic rings. The van der Waals surface area contributed by atoms with Crippen molar-refractivity contribution >= 4 is 16.9 Å². The van der Waals surface area contributed by atoms with Gasteiger partial charge in [0.2, 0.25) is 5.76 Å². The number of carboxylic acids is 1. The van der Waals surface area contributed by atoms with Gasteiger partial charge in [-0.15, -0.1) is 0 Å². The third-order valence-electron chi connectivity index (χ3n) is 4.44. The van der Waals surface area contributed by atoms with E-state index in [0.717, 1.165) is 10.9 Å². The first-order valence-electron chi connectivity index (χ1n) is 7.57. The Morgan fingerprint density at radius 2 is 2.10 bits per heavy atom. The molecule has 21 heavy (non-hydrogen) atoms. The quantitative estimate of drug-likeness (QED) is 0.906. The zero-order chi connectivity index (χ0) is 15.0. The van der Waals surface area contributed by atoms with Crippen LogP contribution < -0.4 is 0 Å². The van der Waals surface area contributed by atoms with Crippen molar-refractivity contribution in [2.45, 2.75) is 51.7 Å². The Balaban J connectivity index is 2.01. The lowest BCUT2D eigenvalue weighted by molar-refractivity contribution is 0.0647. The number of para-hydroxylation sites is 1. The van der Waals surface area contributed by atoms with Gasteiger partial charge < -0.3 is 9.52 Å². The Labute approximate surface area is 124 Å². The van der Waals surface area contributed by atoms with Gasteiger partial charge in [0.1, 0.15) is 5.58 Å². The second kappa shape index (κ2) is 5.53. The van der Waals surface area contributed by atoms with E-state index in [-0.39, 0.29) is 5.76 Å². The van der Waals surface area contributed by atoms with E-state index in [1.54, 1.807) is 0 Å². The lowest BCUT2D eigenvalue weighted by Crippen LogP contribution is -2.43. The third kappa shape index (κ3) is 2.56. The maximum absolute atomic E-state index is 11.5. The SMILES string of the molecule is CC(C)N(Cc1c(C(=O)O)oc2ccccc12)C1CCC1. The zero-order valence-electron chi connectivity index (χ0n) is 12.5. The summed E-state index contributed by atoms with van der Waals surface area (Å²) in [6, 6.07) is 8.53. The van der Waals surface area contributed by atoms with Crippen molar-refractivity contribution in [3.8, 4) is 0 Å². The average Bonchev–Trinajstić information content (AvgIpc) is 2.75. The number of aromatic carboxylic acids is 1. The minimum absolute atomic E-state index is 0.0844. The highest BCUT2D eigenvalue weighted by Crippen LogP contribution is 2.32. The molecular formula is C17H21NO3. The van der Waals surface area contributed by atoms with Crippen LogP contribution in [0.5, 0.6) is 0 Å². The highest BCUT2D eigenvalue weighted by atomic mass is 16.4. The van der Waals surface area contributed by atoms with Crippen LogP contribution in [-0.4, -0.2) is 28.1 Å². The third-order valence-corrected chi connectivity index (χ3v) is 4.44. The van der Waals surface area contributed by atoms with Crippen LogP contribution in [0.2, 0.25) is 0 Å². The van der Waals surface area contributed by atoms with Gasteiger partial charge in [0.05, 0.1) is 0 Å². The van der Waals surface area contributed by atoms with Crippen molar-refractivity contribution in [1.29, 1.82) is 0 Å². The van der Waals surface area contributed by atoms with Crippen LogP contribution in [0.4, 0.5) is 0 Å². The molecule has 3 rings (SSSR count). The molecule has 112 valence electrons. The molecule has 0 saturated heterocycles. The summed E-state index contributed by atoms with van der Waals surface area (Å²) in [5, 5.41) is 10.3. The van der Waals surface area contributed by atoms with Crippen LogP contribution >= 0.6 is 0 Å². The number of carboxylic acid groups (broad SMARTS) is 1. The number of nitrogens with zero attached hydrogens (tertiary/aromatic N) is 1. The largest absolute Gasteiger partial charge is 0.475 e. The zero-order valence-corrected chi connectivity index (χ0v) is 12.5. The van der Waals surface area contributed by atoms with Crippen molar-refractivity contribution in [1.82, 2.24) is 4.90 Å². The van der Waals surface area contributed by atoms with E-state index in [2.05, 4.69) is 18.7 Å². The van der Waals surface area contributed by atoms with Gasteiger partial charge in [-0.1, -0.05) is 24.6 Å². The van der Waals surface area contributed by atoms with Gasteiger partial charge in [0, 0.05) is 29.6 Å². The lowest BCUT2D eigenvalue weighted by atomic mass is 9.90. The predicted molar refractivity (Wildman–Crippen MR) is 81.5 cm³/mol. The van der Waals surface area contributed by atoms with E-state index >= 15 is 0 Å². The van der Waals surface area contributed by atoms with Crippen molar-refractivity contribution in [2.75, 3.05) is 0 Å². The van der Waals surface area contributed by atoms with Crippen LogP contribution in [0.1, 0.15) is 49.2 Å². The Morgan fingerprint density at radius 1 is 1.38 bits per heavy atom. The van der Waals surface area contributed by atoms with Crippen molar-refractivity contribution in [2.24, 2.45) is 0 Å². The maximum atomic E-state index is 11.5. The molecule has 0 aliphatic heterocycles. The molecule has 0 spiro atoms. The summed E-state index contributed by atoms with van der Waals surface area (Å²) in [7, 11) is 0. The second-order valence-electron chi connectivity index (χ2n) is 6.06. The summed E-state index contributed by atoms with van der Waals surface area (Å²) in [4.78, 5) is 13.9. The molecule has 1 N–H and O–H groups in total. The molecule has 0 bridgehead atoms. The Kier molecular flexibility index (Phi) is 3.72. The highest BCUT2D eigenvalue weighted by Gasteiger charge is 2.30. The van der Waals surface area contributed by atoms with Crippen molar-refractivity contribution < 1.29 is 14.3 Å². The fourth-order valence-corrected chi connectivity index (χ4v) is 3.06. The summed E-state index contributed by atoms with van der Waals surface area (Å²) in [5.41, 5.74) is 1.46. The van der Waals surface area contributed by atoms with Gasteiger partial charge in [-0.2, -0.15) is 0 Å². The molecule has 0 unspecified atom stereocenters. The van der Waals surface area contributed by atoms with E-state index < -0.39 is 5.97 Å². The molecule has 1 saturated carbocycles. The topological polar surface area (TPSA) is 53.7 Å². The first-order valence-corrected chi connectivity index (χ1v) is 7.57. The summed E-state index contributed by atoms with van der Waals surface area (Å²) in [6.45, 7) is 4.98. The van der Waals surface area contributed by atoms with E-state index in [0.29, 0.717) is 24.2 Å². The van der Waals surface area contributed by atoms with E-state index in [4.69, 9.17) is 4.42 Å². The summed E-state index contributed by atoms with van der Waals surface area (Å²) in [5.74, 6) is -0.903. The van der Waals surface area contributed by atoms with E-state index in [1.807, 2.05) is 24.3 Å². The molecule has 0 amide bonds. The smallest absolute Gasteiger partial charge is 0.372 e. The molecule has 0 radical (unpaired) electrons. The summed E-state index contributed by atoms with van der Waals surface area (Å²) >= 11 is 0. The minimum Gasteiger partial charge on any atom is -0.475 e. The molecule has 0 atom stereocenters. The average molecular weight is 287 g/mol. The summed E-state index contributed by atoms with van der Waals surface area (Å²) in [6.07, 6.45) is 3.68. The monoisotopic (exact) mass is 287 g/mol. The molecular weight excluding hydrogens is 266 g/mol. The first-order chi connectivity index (χ1) is 10.1. The lowest BCUT2D eigenvalue weighted by Gasteiger charge is -2.40. The molecule has 1 aliphatic carbocycles. The predicted octanol–water partition coefficient (Wildman–Crippen LogP) is 3.89. The number of furan rings is 1. The molecule has 4 heteroatoms. The van der Waals surface area contributed by atoms with Gasteiger partial charge >= 0.3 is 5.97 Å². The Hall–Kier alpha value is -1.81. The maximum Gasteiger partial charge on any atom is 0.372 e. The van der Waals surface area contributed by atoms with Gasteiger partial charge in [-0.25, -0.2) is 4.79 Å². The van der Waals surface area contributed by atoms with Crippen LogP contribution in [0.15, 0.2) is 28.7 Å². The summed E-state index contributed by atoms with van der Waals surface area (Å²) < 4.78 is 5.55. The molecule has 1 aromatic carbocycles. The number of fused-ring (bicyclic) bond motifs is 1. The molecule has 1 fully saturated rings. The Bertz CT molecular complexity index is 655. The number of benzene rings is 1. The van der Waals surface area contributed by atoms with Crippen molar-refractivity contribution in [3.05, 3.63) is 35.6 Å². The molecule has 4 nitrogen and oxygen atoms in total. The van der Waals surface area contributed by atoms with Crippen LogP contribution in [0.25, 0.3) is 11.0 Å². The van der Waals surface area contributed by atoms with Crippen LogP contribution in [-0.2, 0) is 6.54 Å². The number of carbonyl (C=O) groups is 1. The van der Waals surface area contributed by atoms with Gasteiger partial charge in [0.15, 0.2) is 0 Å². The minimum atomic E-state index is -0.987. The standard InChI is InChI=1S/C17H21NO3/c1-11(2)18(12-6-5-7-12)10-14-13-8-3-4-9-15(13)21-16(14)17(19)20/h3-4,8-9,11-12H,5-7,10H2,1-2H3,(H,19,20). The van der Waals surface area contributed by atoms with Gasteiger partial charge in [0.25, 0.3) is 0 Å². The highest BCUT2D eigenvalue weighted by molar-refractivity contribution is 5.95. The van der Waals surface area contributed by atoms with Crippen LogP contribution in [0, 0.1) is 0 Å². The fraction of sp³-hybridized carbons (Fsp3) is 0.471. The second-order valence-corrected chi connectivity index (χ2v) is 6.06. The molecule has 1 aromatic heterocycles. The van der Waals surface area contributed by atoms with Crippen molar-refractivity contribution in [3.63, 3.8) is 0 Å². The van der Waals surface area contributed by atoms with E-state index in [9.17, 15) is 9.90 Å². The molecule has 1 heterocycles. The van der Waals surface area contributed by atoms with Gasteiger partial charge in [-0.05, 0) is 32.8 Å². The number of hydrogen-bond donors (Lipinski definition) is 1. The van der Waals surface area contributed by atoms with Crippen LogP contribution in [0.3, 0.4) is 0 Å². The first kappa shape index (κ1) is 14.1. The number of hydrogen-bond acceptors (Lipinski definition) is 3. The number of rotatable bonds is 5. The van der Waals surface area contributed by atoms with Gasteiger partial charge in [-0.3, -0.25) is 4.90 Å². The fourth-order valence-electron chi connectivity index (χ4n) is 3.06. The Morgan fingerprint density at radius 3 is 2.67 bits per heavy atom. The van der Waals surface area contributed by atoms with E-state index in [1.165, 1.54) is 19.3 Å². The normalized spacial score (nSPS) is 15.8. The molecule has 2 aromatic rings.